The lowest BCUT2D eigenvalue weighted by Gasteiger charge is -2.12. The van der Waals surface area contributed by atoms with Crippen LogP contribution >= 0.6 is 0 Å². The Balaban J connectivity index is 1.48. The van der Waals surface area contributed by atoms with Gasteiger partial charge in [-0.15, -0.1) is 0 Å². The van der Waals surface area contributed by atoms with Crippen LogP contribution in [0.25, 0.3) is 5.69 Å². The van der Waals surface area contributed by atoms with Gasteiger partial charge in [0.2, 0.25) is 10.0 Å². The molecular weight excluding hydrogens is 457 g/mol. The normalized spacial score (nSPS) is 14.3. The molecule has 1 heterocycles. The number of nitrogens with two attached hydrogens (primary N) is 1. The summed E-state index contributed by atoms with van der Waals surface area (Å²) in [7, 11) is -3.77. The third kappa shape index (κ3) is 5.25. The zero-order valence-electron chi connectivity index (χ0n) is 17.3. The first-order chi connectivity index (χ1) is 15.5. The number of rotatable bonds is 7. The number of alkyl halides is 3. The summed E-state index contributed by atoms with van der Waals surface area (Å²) in [5, 5.41) is 12.1. The molecule has 4 rings (SSSR count). The standard InChI is InChI=1S/C22H21F3N4O3S/c23-22(24,25)16-2-1-3-17(12-16)29-20(15-6-7-15)19(13-28-29)21(30)27-11-10-14-4-8-18(9-5-14)33(26,31)32/h1-5,8-9,12-13,15H,6-7,10-11H2,(H,27,30)(H2,26,31,32). The molecule has 0 aliphatic heterocycles. The molecule has 1 aromatic heterocycles. The van der Waals surface area contributed by atoms with Crippen molar-refractivity contribution in [3.05, 3.63) is 77.1 Å². The Labute approximate surface area is 188 Å². The second kappa shape index (κ2) is 8.64. The van der Waals surface area contributed by atoms with Gasteiger partial charge < -0.3 is 5.32 Å². The minimum absolute atomic E-state index is 0.00590. The van der Waals surface area contributed by atoms with Gasteiger partial charge in [-0.05, 0) is 55.2 Å². The summed E-state index contributed by atoms with van der Waals surface area (Å²) in [6.07, 6.45) is -0.973. The van der Waals surface area contributed by atoms with E-state index in [1.165, 1.54) is 35.1 Å². The first-order valence-corrected chi connectivity index (χ1v) is 11.7. The monoisotopic (exact) mass is 478 g/mol. The van der Waals surface area contributed by atoms with Crippen molar-refractivity contribution < 1.29 is 26.4 Å². The number of carbonyl (C=O) groups excluding carboxylic acids is 1. The van der Waals surface area contributed by atoms with Crippen LogP contribution in [0.4, 0.5) is 13.2 Å². The summed E-state index contributed by atoms with van der Waals surface area (Å²) in [6, 6.07) is 10.9. The molecule has 174 valence electrons. The Morgan fingerprint density at radius 1 is 1.15 bits per heavy atom. The Hall–Kier alpha value is -3.18. The maximum Gasteiger partial charge on any atom is 0.416 e. The number of amides is 1. The summed E-state index contributed by atoms with van der Waals surface area (Å²) >= 11 is 0. The fourth-order valence-electron chi connectivity index (χ4n) is 3.56. The molecule has 0 radical (unpaired) electrons. The molecule has 7 nitrogen and oxygen atoms in total. The highest BCUT2D eigenvalue weighted by molar-refractivity contribution is 7.89. The van der Waals surface area contributed by atoms with E-state index in [4.69, 9.17) is 5.14 Å². The maximum atomic E-state index is 13.1. The third-order valence-corrected chi connectivity index (χ3v) is 6.31. The van der Waals surface area contributed by atoms with Crippen molar-refractivity contribution in [2.75, 3.05) is 6.54 Å². The largest absolute Gasteiger partial charge is 0.416 e. The van der Waals surface area contributed by atoms with Crippen molar-refractivity contribution in [3.63, 3.8) is 0 Å². The predicted octanol–water partition coefficient (Wildman–Crippen LogP) is 3.39. The first-order valence-electron chi connectivity index (χ1n) is 10.2. The molecule has 1 aliphatic rings. The highest BCUT2D eigenvalue weighted by Crippen LogP contribution is 2.42. The number of hydrogen-bond donors (Lipinski definition) is 2. The fourth-order valence-corrected chi connectivity index (χ4v) is 4.08. The minimum Gasteiger partial charge on any atom is -0.352 e. The molecule has 33 heavy (non-hydrogen) atoms. The summed E-state index contributed by atoms with van der Waals surface area (Å²) in [6.45, 7) is 0.284. The molecule has 0 unspecified atom stereocenters. The molecule has 0 spiro atoms. The SMILES string of the molecule is NS(=O)(=O)c1ccc(CCNC(=O)c2cnn(-c3cccc(C(F)(F)F)c3)c2C2CC2)cc1. The number of carbonyl (C=O) groups is 1. The summed E-state index contributed by atoms with van der Waals surface area (Å²) in [4.78, 5) is 12.8. The van der Waals surface area contributed by atoms with Crippen LogP contribution in [-0.2, 0) is 22.6 Å². The topological polar surface area (TPSA) is 107 Å². The van der Waals surface area contributed by atoms with Crippen molar-refractivity contribution in [3.8, 4) is 5.69 Å². The Morgan fingerprint density at radius 3 is 2.45 bits per heavy atom. The van der Waals surface area contributed by atoms with Crippen LogP contribution in [-0.4, -0.2) is 30.7 Å². The molecule has 0 saturated heterocycles. The number of hydrogen-bond acceptors (Lipinski definition) is 4. The van der Waals surface area contributed by atoms with Gasteiger partial charge in [0.15, 0.2) is 0 Å². The molecule has 3 N–H and O–H groups in total. The second-order valence-corrected chi connectivity index (χ2v) is 9.43. The van der Waals surface area contributed by atoms with Gasteiger partial charge in [0.05, 0.1) is 33.6 Å². The van der Waals surface area contributed by atoms with Gasteiger partial charge in [0.1, 0.15) is 0 Å². The van der Waals surface area contributed by atoms with E-state index in [0.717, 1.165) is 30.5 Å². The number of benzene rings is 2. The van der Waals surface area contributed by atoms with Crippen molar-refractivity contribution in [2.24, 2.45) is 5.14 Å². The Kier molecular flexibility index (Phi) is 6.02. The van der Waals surface area contributed by atoms with Crippen LogP contribution in [0.1, 0.15) is 45.9 Å². The number of primary sulfonamides is 1. The molecule has 1 fully saturated rings. The number of halogens is 3. The van der Waals surface area contributed by atoms with E-state index in [0.29, 0.717) is 17.7 Å². The van der Waals surface area contributed by atoms with Gasteiger partial charge in [0, 0.05) is 12.5 Å². The lowest BCUT2D eigenvalue weighted by molar-refractivity contribution is -0.137. The van der Waals surface area contributed by atoms with Crippen molar-refractivity contribution in [2.45, 2.75) is 36.3 Å². The van der Waals surface area contributed by atoms with Gasteiger partial charge in [0.25, 0.3) is 5.91 Å². The third-order valence-electron chi connectivity index (χ3n) is 5.38. The van der Waals surface area contributed by atoms with Crippen molar-refractivity contribution in [1.82, 2.24) is 15.1 Å². The van der Waals surface area contributed by atoms with E-state index in [2.05, 4.69) is 10.4 Å². The van der Waals surface area contributed by atoms with E-state index < -0.39 is 21.8 Å². The first kappa shape index (κ1) is 23.0. The van der Waals surface area contributed by atoms with Gasteiger partial charge in [-0.2, -0.15) is 18.3 Å². The average molecular weight is 478 g/mol. The van der Waals surface area contributed by atoms with Gasteiger partial charge in [-0.3, -0.25) is 4.79 Å². The molecule has 1 aliphatic carbocycles. The molecule has 11 heteroatoms. The molecule has 0 bridgehead atoms. The summed E-state index contributed by atoms with van der Waals surface area (Å²) in [5.74, 6) is -0.301. The van der Waals surface area contributed by atoms with Gasteiger partial charge in [-0.1, -0.05) is 18.2 Å². The number of nitrogens with zero attached hydrogens (tertiary/aromatic N) is 2. The van der Waals surface area contributed by atoms with Crippen molar-refractivity contribution in [1.29, 1.82) is 0 Å². The maximum absolute atomic E-state index is 13.1. The molecule has 1 amide bonds. The zero-order chi connectivity index (χ0) is 23.8. The molecular formula is C22H21F3N4O3S. The van der Waals surface area contributed by atoms with E-state index in [9.17, 15) is 26.4 Å². The average Bonchev–Trinajstić information content (AvgIpc) is 3.50. The second-order valence-electron chi connectivity index (χ2n) is 7.87. The number of aromatic nitrogens is 2. The van der Waals surface area contributed by atoms with E-state index >= 15 is 0 Å². The summed E-state index contributed by atoms with van der Waals surface area (Å²) < 4.78 is 63.4. The Bertz CT molecular complexity index is 1280. The van der Waals surface area contributed by atoms with Crippen LogP contribution in [0.3, 0.4) is 0 Å². The number of nitrogens with one attached hydrogen (secondary N) is 1. The lowest BCUT2D eigenvalue weighted by Crippen LogP contribution is -2.26. The predicted molar refractivity (Wildman–Crippen MR) is 114 cm³/mol. The minimum atomic E-state index is -4.48. The highest BCUT2D eigenvalue weighted by atomic mass is 32.2. The smallest absolute Gasteiger partial charge is 0.352 e. The van der Waals surface area contributed by atoms with E-state index in [-0.39, 0.29) is 29.0 Å². The molecule has 0 atom stereocenters. The van der Waals surface area contributed by atoms with Gasteiger partial charge >= 0.3 is 6.18 Å². The van der Waals surface area contributed by atoms with Crippen LogP contribution in [0.15, 0.2) is 59.6 Å². The highest BCUT2D eigenvalue weighted by Gasteiger charge is 2.34. The van der Waals surface area contributed by atoms with Crippen LogP contribution in [0.5, 0.6) is 0 Å². The molecule has 2 aromatic carbocycles. The van der Waals surface area contributed by atoms with Crippen LogP contribution in [0, 0.1) is 0 Å². The Morgan fingerprint density at radius 2 is 1.85 bits per heavy atom. The number of sulfonamides is 1. The molecule has 3 aromatic rings. The van der Waals surface area contributed by atoms with E-state index in [1.54, 1.807) is 12.1 Å². The molecule has 1 saturated carbocycles. The van der Waals surface area contributed by atoms with Crippen molar-refractivity contribution >= 4 is 15.9 Å². The lowest BCUT2D eigenvalue weighted by atomic mass is 10.1. The van der Waals surface area contributed by atoms with Crippen LogP contribution in [0.2, 0.25) is 0 Å². The van der Waals surface area contributed by atoms with E-state index in [1.807, 2.05) is 0 Å². The fraction of sp³-hybridized carbons (Fsp3) is 0.273. The van der Waals surface area contributed by atoms with Gasteiger partial charge in [-0.25, -0.2) is 18.2 Å². The summed E-state index contributed by atoms with van der Waals surface area (Å²) in [5.41, 5.74) is 1.21. The zero-order valence-corrected chi connectivity index (χ0v) is 18.2. The quantitative estimate of drug-likeness (QED) is 0.543. The van der Waals surface area contributed by atoms with Crippen LogP contribution < -0.4 is 10.5 Å².